The molecule has 1 aromatic rings. The Morgan fingerprint density at radius 3 is 3.00 bits per heavy atom. The maximum atomic E-state index is 4.54. The van der Waals surface area contributed by atoms with Gasteiger partial charge >= 0.3 is 0 Å². The van der Waals surface area contributed by atoms with Crippen molar-refractivity contribution in [1.82, 2.24) is 4.98 Å². The maximum Gasteiger partial charge on any atom is 0.129 e. The Morgan fingerprint density at radius 2 is 2.31 bits per heavy atom. The second-order valence-electron chi connectivity index (χ2n) is 4.54. The van der Waals surface area contributed by atoms with Gasteiger partial charge in [-0.05, 0) is 60.2 Å². The number of hydrogen-bond donors (Lipinski definition) is 0. The summed E-state index contributed by atoms with van der Waals surface area (Å²) >= 11 is 3.50. The van der Waals surface area contributed by atoms with E-state index < -0.39 is 0 Å². The molecule has 1 saturated heterocycles. The van der Waals surface area contributed by atoms with Crippen LogP contribution in [0.3, 0.4) is 0 Å². The molecule has 2 heterocycles. The largest absolute Gasteiger partial charge is 0.354 e. The molecule has 1 aliphatic rings. The highest BCUT2D eigenvalue weighted by atomic mass is 79.9. The monoisotopic (exact) mass is 282 g/mol. The van der Waals surface area contributed by atoms with Crippen LogP contribution in [0.2, 0.25) is 0 Å². The molecule has 0 aliphatic carbocycles. The number of pyridine rings is 1. The van der Waals surface area contributed by atoms with Gasteiger partial charge in [-0.3, -0.25) is 0 Å². The van der Waals surface area contributed by atoms with E-state index in [1.165, 1.54) is 31.2 Å². The molecule has 0 unspecified atom stereocenters. The van der Waals surface area contributed by atoms with E-state index in [0.717, 1.165) is 16.8 Å². The second kappa shape index (κ2) is 5.17. The van der Waals surface area contributed by atoms with Gasteiger partial charge < -0.3 is 4.90 Å². The number of halogens is 1. The van der Waals surface area contributed by atoms with E-state index in [1.807, 2.05) is 6.20 Å². The maximum absolute atomic E-state index is 4.54. The van der Waals surface area contributed by atoms with Gasteiger partial charge in [0.25, 0.3) is 0 Å². The van der Waals surface area contributed by atoms with E-state index in [-0.39, 0.29) is 0 Å². The summed E-state index contributed by atoms with van der Waals surface area (Å²) in [7, 11) is 0. The molecule has 88 valence electrons. The highest BCUT2D eigenvalue weighted by molar-refractivity contribution is 9.10. The standard InChI is InChI=1S/C13H19BrN2/c1-3-11-6-4-5-7-16(11)13-8-10(2)12(14)9-15-13/h8-9,11H,3-7H2,1-2H3/t11-/m1/s1. The average Bonchev–Trinajstić information content (AvgIpc) is 2.32. The summed E-state index contributed by atoms with van der Waals surface area (Å²) in [6, 6.07) is 2.87. The van der Waals surface area contributed by atoms with Crippen LogP contribution in [0.4, 0.5) is 5.82 Å². The molecule has 16 heavy (non-hydrogen) atoms. The van der Waals surface area contributed by atoms with Crippen molar-refractivity contribution in [1.29, 1.82) is 0 Å². The number of anilines is 1. The third-order valence-electron chi connectivity index (χ3n) is 3.43. The zero-order valence-electron chi connectivity index (χ0n) is 10.0. The van der Waals surface area contributed by atoms with Crippen LogP contribution < -0.4 is 4.90 Å². The minimum Gasteiger partial charge on any atom is -0.354 e. The lowest BCUT2D eigenvalue weighted by Gasteiger charge is -2.36. The lowest BCUT2D eigenvalue weighted by molar-refractivity contribution is 0.447. The van der Waals surface area contributed by atoms with E-state index in [1.54, 1.807) is 0 Å². The van der Waals surface area contributed by atoms with Crippen molar-refractivity contribution in [2.45, 2.75) is 45.6 Å². The molecule has 1 atom stereocenters. The van der Waals surface area contributed by atoms with Crippen LogP contribution in [-0.4, -0.2) is 17.6 Å². The Balaban J connectivity index is 2.23. The van der Waals surface area contributed by atoms with Gasteiger partial charge in [-0.25, -0.2) is 4.98 Å². The molecule has 0 spiro atoms. The zero-order chi connectivity index (χ0) is 11.5. The van der Waals surface area contributed by atoms with Gasteiger partial charge in [0.05, 0.1) is 0 Å². The van der Waals surface area contributed by atoms with Crippen LogP contribution >= 0.6 is 15.9 Å². The van der Waals surface area contributed by atoms with Gasteiger partial charge in [0.1, 0.15) is 5.82 Å². The first-order valence-corrected chi connectivity index (χ1v) is 6.90. The zero-order valence-corrected chi connectivity index (χ0v) is 11.6. The summed E-state index contributed by atoms with van der Waals surface area (Å²) in [6.07, 6.45) is 7.12. The van der Waals surface area contributed by atoms with Crippen molar-refractivity contribution in [2.75, 3.05) is 11.4 Å². The third-order valence-corrected chi connectivity index (χ3v) is 4.26. The molecule has 3 heteroatoms. The van der Waals surface area contributed by atoms with Gasteiger partial charge in [0.15, 0.2) is 0 Å². The van der Waals surface area contributed by atoms with Crippen LogP contribution in [0.15, 0.2) is 16.7 Å². The Kier molecular flexibility index (Phi) is 3.85. The summed E-state index contributed by atoms with van der Waals surface area (Å²) < 4.78 is 1.10. The van der Waals surface area contributed by atoms with E-state index in [4.69, 9.17) is 0 Å². The summed E-state index contributed by atoms with van der Waals surface area (Å²) in [5, 5.41) is 0. The third kappa shape index (κ3) is 2.40. The van der Waals surface area contributed by atoms with Crippen molar-refractivity contribution in [3.05, 3.63) is 22.3 Å². The molecule has 0 amide bonds. The molecule has 1 aliphatic heterocycles. The smallest absolute Gasteiger partial charge is 0.129 e. The highest BCUT2D eigenvalue weighted by Crippen LogP contribution is 2.27. The van der Waals surface area contributed by atoms with Crippen LogP contribution in [0, 0.1) is 6.92 Å². The molecule has 0 N–H and O–H groups in total. The summed E-state index contributed by atoms with van der Waals surface area (Å²) in [5.74, 6) is 1.15. The van der Waals surface area contributed by atoms with Crippen LogP contribution in [0.5, 0.6) is 0 Å². The normalized spacial score (nSPS) is 21.2. The summed E-state index contributed by atoms with van der Waals surface area (Å²) in [4.78, 5) is 7.02. The predicted octanol–water partition coefficient (Wildman–Crippen LogP) is 3.92. The van der Waals surface area contributed by atoms with E-state index in [9.17, 15) is 0 Å². The fraction of sp³-hybridized carbons (Fsp3) is 0.615. The first-order chi connectivity index (χ1) is 7.72. The molecular weight excluding hydrogens is 264 g/mol. The number of rotatable bonds is 2. The lowest BCUT2D eigenvalue weighted by Crippen LogP contribution is -2.39. The van der Waals surface area contributed by atoms with Gasteiger partial charge in [-0.2, -0.15) is 0 Å². The molecule has 0 saturated carbocycles. The number of aryl methyl sites for hydroxylation is 1. The summed E-state index contributed by atoms with van der Waals surface area (Å²) in [5.41, 5.74) is 1.27. The van der Waals surface area contributed by atoms with E-state index in [2.05, 4.69) is 45.7 Å². The van der Waals surface area contributed by atoms with Gasteiger partial charge in [-0.1, -0.05) is 6.92 Å². The fourth-order valence-electron chi connectivity index (χ4n) is 2.41. The number of piperidine rings is 1. The van der Waals surface area contributed by atoms with Crippen molar-refractivity contribution in [3.8, 4) is 0 Å². The quantitative estimate of drug-likeness (QED) is 0.817. The molecule has 2 nitrogen and oxygen atoms in total. The minimum atomic E-state index is 0.682. The van der Waals surface area contributed by atoms with E-state index in [0.29, 0.717) is 6.04 Å². The molecule has 1 aromatic heterocycles. The molecule has 2 rings (SSSR count). The van der Waals surface area contributed by atoms with Gasteiger partial charge in [0, 0.05) is 23.3 Å². The number of hydrogen-bond acceptors (Lipinski definition) is 2. The Hall–Kier alpha value is -0.570. The minimum absolute atomic E-state index is 0.682. The molecule has 1 fully saturated rings. The fourth-order valence-corrected chi connectivity index (χ4v) is 2.63. The van der Waals surface area contributed by atoms with Crippen molar-refractivity contribution in [2.24, 2.45) is 0 Å². The van der Waals surface area contributed by atoms with Crippen LogP contribution in [0.1, 0.15) is 38.2 Å². The van der Waals surface area contributed by atoms with Gasteiger partial charge in [-0.15, -0.1) is 0 Å². The first kappa shape index (κ1) is 11.9. The first-order valence-electron chi connectivity index (χ1n) is 6.11. The summed E-state index contributed by atoms with van der Waals surface area (Å²) in [6.45, 7) is 5.56. The average molecular weight is 283 g/mol. The van der Waals surface area contributed by atoms with Crippen molar-refractivity contribution < 1.29 is 0 Å². The SMILES string of the molecule is CC[C@@H]1CCCCN1c1cc(C)c(Br)cn1. The van der Waals surface area contributed by atoms with Crippen molar-refractivity contribution >= 4 is 21.7 Å². The number of aromatic nitrogens is 1. The Labute approximate surface area is 106 Å². The highest BCUT2D eigenvalue weighted by Gasteiger charge is 2.21. The topological polar surface area (TPSA) is 16.1 Å². The lowest BCUT2D eigenvalue weighted by atomic mass is 10.00. The molecule has 0 bridgehead atoms. The Bertz CT molecular complexity index is 365. The molecule has 0 radical (unpaired) electrons. The van der Waals surface area contributed by atoms with Crippen molar-refractivity contribution in [3.63, 3.8) is 0 Å². The Morgan fingerprint density at radius 1 is 1.50 bits per heavy atom. The van der Waals surface area contributed by atoms with Crippen LogP contribution in [-0.2, 0) is 0 Å². The second-order valence-corrected chi connectivity index (χ2v) is 5.40. The predicted molar refractivity (Wildman–Crippen MR) is 72.0 cm³/mol. The molecule has 0 aromatic carbocycles. The van der Waals surface area contributed by atoms with E-state index >= 15 is 0 Å². The molecular formula is C13H19BrN2. The number of nitrogens with zero attached hydrogens (tertiary/aromatic N) is 2. The van der Waals surface area contributed by atoms with Crippen LogP contribution in [0.25, 0.3) is 0 Å². The van der Waals surface area contributed by atoms with Gasteiger partial charge in [0.2, 0.25) is 0 Å².